The quantitative estimate of drug-likeness (QED) is 0.755. The lowest BCUT2D eigenvalue weighted by Gasteiger charge is -2.38. The SMILES string of the molecule is CCOc1ccc([C@@H]2NC(=O)C(C#N)=C(S)N2c2ccccc2C)cc1OC. The topological polar surface area (TPSA) is 74.6 Å². The number of hydrogen-bond donors (Lipinski definition) is 2. The van der Waals surface area contributed by atoms with Crippen LogP contribution in [0.1, 0.15) is 24.2 Å². The molecule has 7 heteroatoms. The number of rotatable bonds is 5. The van der Waals surface area contributed by atoms with Crippen LogP contribution in [-0.2, 0) is 4.79 Å². The van der Waals surface area contributed by atoms with E-state index in [1.54, 1.807) is 7.11 Å². The van der Waals surface area contributed by atoms with Crippen molar-refractivity contribution in [2.75, 3.05) is 18.6 Å². The van der Waals surface area contributed by atoms with Gasteiger partial charge in [0.05, 0.1) is 18.7 Å². The zero-order chi connectivity index (χ0) is 20.3. The van der Waals surface area contributed by atoms with Crippen molar-refractivity contribution in [1.82, 2.24) is 5.32 Å². The summed E-state index contributed by atoms with van der Waals surface area (Å²) in [6.45, 7) is 4.38. The Morgan fingerprint density at radius 3 is 2.64 bits per heavy atom. The van der Waals surface area contributed by atoms with E-state index < -0.39 is 12.1 Å². The third-order valence-electron chi connectivity index (χ3n) is 4.49. The fraction of sp³-hybridized carbons (Fsp3) is 0.238. The second-order valence-corrected chi connectivity index (χ2v) is 6.61. The lowest BCUT2D eigenvalue weighted by Crippen LogP contribution is -2.46. The maximum Gasteiger partial charge on any atom is 0.266 e. The van der Waals surface area contributed by atoms with Gasteiger partial charge in [-0.1, -0.05) is 24.3 Å². The van der Waals surface area contributed by atoms with E-state index in [1.807, 2.05) is 67.3 Å². The number of nitrogens with zero attached hydrogens (tertiary/aromatic N) is 2. The number of carbonyl (C=O) groups excluding carboxylic acids is 1. The van der Waals surface area contributed by atoms with Crippen molar-refractivity contribution in [3.05, 3.63) is 64.2 Å². The van der Waals surface area contributed by atoms with Crippen LogP contribution in [0.2, 0.25) is 0 Å². The van der Waals surface area contributed by atoms with Crippen molar-refractivity contribution in [2.45, 2.75) is 20.0 Å². The first-order valence-electron chi connectivity index (χ1n) is 8.81. The molecule has 2 aromatic rings. The summed E-state index contributed by atoms with van der Waals surface area (Å²) in [7, 11) is 1.57. The maximum absolute atomic E-state index is 12.5. The fourth-order valence-corrected chi connectivity index (χ4v) is 3.53. The summed E-state index contributed by atoms with van der Waals surface area (Å²) >= 11 is 4.53. The van der Waals surface area contributed by atoms with Gasteiger partial charge in [-0.05, 0) is 43.2 Å². The Kier molecular flexibility index (Phi) is 5.81. The van der Waals surface area contributed by atoms with Crippen LogP contribution in [0, 0.1) is 18.3 Å². The number of methoxy groups -OCH3 is 1. The van der Waals surface area contributed by atoms with E-state index in [-0.39, 0.29) is 5.57 Å². The zero-order valence-corrected chi connectivity index (χ0v) is 16.8. The Morgan fingerprint density at radius 1 is 1.25 bits per heavy atom. The van der Waals surface area contributed by atoms with Gasteiger partial charge in [0.2, 0.25) is 0 Å². The van der Waals surface area contributed by atoms with Crippen LogP contribution in [0.5, 0.6) is 11.5 Å². The number of ether oxygens (including phenoxy) is 2. The van der Waals surface area contributed by atoms with Crippen molar-refractivity contribution < 1.29 is 14.3 Å². The van der Waals surface area contributed by atoms with Gasteiger partial charge in [-0.3, -0.25) is 4.79 Å². The molecular formula is C21H21N3O3S. The van der Waals surface area contributed by atoms with E-state index in [1.165, 1.54) is 0 Å². The van der Waals surface area contributed by atoms with Gasteiger partial charge in [0, 0.05) is 5.69 Å². The maximum atomic E-state index is 12.5. The summed E-state index contributed by atoms with van der Waals surface area (Å²) in [5.74, 6) is 0.724. The Bertz CT molecular complexity index is 981. The molecule has 3 rings (SSSR count). The van der Waals surface area contributed by atoms with Crippen LogP contribution in [0.15, 0.2) is 53.1 Å². The Hall–Kier alpha value is -3.11. The molecule has 2 aromatic carbocycles. The van der Waals surface area contributed by atoms with Crippen molar-refractivity contribution in [1.29, 1.82) is 5.26 Å². The highest BCUT2D eigenvalue weighted by Crippen LogP contribution is 2.39. The van der Waals surface area contributed by atoms with Gasteiger partial charge in [-0.15, -0.1) is 12.6 Å². The van der Waals surface area contributed by atoms with Crippen molar-refractivity contribution in [3.8, 4) is 17.6 Å². The van der Waals surface area contributed by atoms with Gasteiger partial charge < -0.3 is 19.7 Å². The Labute approximate surface area is 169 Å². The number of carbonyl (C=O) groups is 1. The molecule has 1 amide bonds. The minimum atomic E-state index is -0.553. The minimum Gasteiger partial charge on any atom is -0.493 e. The fourth-order valence-electron chi connectivity index (χ4n) is 3.15. The molecule has 28 heavy (non-hydrogen) atoms. The van der Waals surface area contributed by atoms with Crippen LogP contribution in [0.3, 0.4) is 0 Å². The third kappa shape index (κ3) is 3.51. The van der Waals surface area contributed by atoms with Gasteiger partial charge >= 0.3 is 0 Å². The molecule has 144 valence electrons. The molecule has 1 heterocycles. The molecule has 1 aliphatic heterocycles. The molecule has 1 N–H and O–H groups in total. The molecule has 0 spiro atoms. The molecule has 0 aliphatic carbocycles. The van der Waals surface area contributed by atoms with E-state index in [2.05, 4.69) is 17.9 Å². The highest BCUT2D eigenvalue weighted by Gasteiger charge is 2.34. The number of anilines is 1. The second kappa shape index (κ2) is 8.28. The van der Waals surface area contributed by atoms with Gasteiger partial charge in [0.1, 0.15) is 17.8 Å². The summed E-state index contributed by atoms with van der Waals surface area (Å²) < 4.78 is 11.0. The molecule has 1 atom stereocenters. The predicted molar refractivity (Wildman–Crippen MR) is 110 cm³/mol. The Morgan fingerprint density at radius 2 is 2.00 bits per heavy atom. The highest BCUT2D eigenvalue weighted by atomic mass is 32.1. The summed E-state index contributed by atoms with van der Waals surface area (Å²) in [6, 6.07) is 15.2. The van der Waals surface area contributed by atoms with Crippen molar-refractivity contribution in [3.63, 3.8) is 0 Å². The minimum absolute atomic E-state index is 0.0271. The number of nitrogens with one attached hydrogen (secondary N) is 1. The molecule has 0 radical (unpaired) electrons. The van der Waals surface area contributed by atoms with E-state index in [9.17, 15) is 10.1 Å². The average Bonchev–Trinajstić information content (AvgIpc) is 2.69. The van der Waals surface area contributed by atoms with E-state index in [4.69, 9.17) is 9.47 Å². The van der Waals surface area contributed by atoms with Gasteiger partial charge in [0.25, 0.3) is 5.91 Å². The molecule has 0 bridgehead atoms. The van der Waals surface area contributed by atoms with Crippen molar-refractivity contribution >= 4 is 24.2 Å². The number of nitriles is 1. The van der Waals surface area contributed by atoms with Crippen LogP contribution >= 0.6 is 12.6 Å². The second-order valence-electron chi connectivity index (χ2n) is 6.19. The molecule has 6 nitrogen and oxygen atoms in total. The summed E-state index contributed by atoms with van der Waals surface area (Å²) in [4.78, 5) is 14.3. The summed E-state index contributed by atoms with van der Waals surface area (Å²) in [5.41, 5.74) is 2.59. The molecule has 0 aromatic heterocycles. The number of para-hydroxylation sites is 1. The number of aryl methyl sites for hydroxylation is 1. The first-order chi connectivity index (χ1) is 13.5. The first kappa shape index (κ1) is 19.6. The average molecular weight is 395 g/mol. The predicted octanol–water partition coefficient (Wildman–Crippen LogP) is 3.70. The number of hydrogen-bond acceptors (Lipinski definition) is 6. The monoisotopic (exact) mass is 395 g/mol. The lowest BCUT2D eigenvalue weighted by atomic mass is 10.0. The summed E-state index contributed by atoms with van der Waals surface area (Å²) in [5, 5.41) is 12.6. The molecular weight excluding hydrogens is 374 g/mol. The third-order valence-corrected chi connectivity index (χ3v) is 4.93. The standard InChI is InChI=1S/C21H21N3O3S/c1-4-27-17-10-9-14(11-18(17)26-3)19-23-20(25)15(12-22)21(28)24(19)16-8-6-5-7-13(16)2/h5-11,19,28H,4H2,1-3H3,(H,23,25)/t19-/m1/s1. The van der Waals surface area contributed by atoms with Crippen LogP contribution < -0.4 is 19.7 Å². The lowest BCUT2D eigenvalue weighted by molar-refractivity contribution is -0.118. The molecule has 1 aliphatic rings. The van der Waals surface area contributed by atoms with E-state index >= 15 is 0 Å². The summed E-state index contributed by atoms with van der Waals surface area (Å²) in [6.07, 6.45) is -0.553. The van der Waals surface area contributed by atoms with E-state index in [0.29, 0.717) is 23.1 Å². The van der Waals surface area contributed by atoms with Crippen LogP contribution in [0.4, 0.5) is 5.69 Å². The normalized spacial score (nSPS) is 16.5. The Balaban J connectivity index is 2.16. The molecule has 0 unspecified atom stereocenters. The van der Waals surface area contributed by atoms with Crippen LogP contribution in [0.25, 0.3) is 0 Å². The molecule has 0 fully saturated rings. The highest BCUT2D eigenvalue weighted by molar-refractivity contribution is 7.84. The van der Waals surface area contributed by atoms with Gasteiger partial charge in [-0.2, -0.15) is 5.26 Å². The largest absolute Gasteiger partial charge is 0.493 e. The smallest absolute Gasteiger partial charge is 0.266 e. The molecule has 0 saturated carbocycles. The zero-order valence-electron chi connectivity index (χ0n) is 15.9. The van der Waals surface area contributed by atoms with Gasteiger partial charge in [0.15, 0.2) is 11.5 Å². The van der Waals surface area contributed by atoms with Crippen LogP contribution in [-0.4, -0.2) is 19.6 Å². The first-order valence-corrected chi connectivity index (χ1v) is 9.26. The number of amides is 1. The van der Waals surface area contributed by atoms with Gasteiger partial charge in [-0.25, -0.2) is 0 Å². The number of benzene rings is 2. The molecule has 0 saturated heterocycles. The number of thiol groups is 1. The van der Waals surface area contributed by atoms with E-state index in [0.717, 1.165) is 16.8 Å². The van der Waals surface area contributed by atoms with Crippen molar-refractivity contribution in [2.24, 2.45) is 0 Å².